The first-order valence-corrected chi connectivity index (χ1v) is 14.2. The van der Waals surface area contributed by atoms with E-state index >= 15 is 0 Å². The van der Waals surface area contributed by atoms with Gasteiger partial charge >= 0.3 is 5.97 Å². The van der Waals surface area contributed by atoms with Gasteiger partial charge in [-0.1, -0.05) is 88.4 Å². The molecule has 0 spiro atoms. The molecule has 0 aromatic heterocycles. The molecule has 5 aromatic carbocycles. The highest BCUT2D eigenvalue weighted by atomic mass is 16.5. The Bertz CT molecular complexity index is 1740. The minimum atomic E-state index is -0.336. The molecule has 0 atom stereocenters. The summed E-state index contributed by atoms with van der Waals surface area (Å²) in [6.45, 7) is 9.25. The van der Waals surface area contributed by atoms with E-state index in [1.807, 2.05) is 24.3 Å². The van der Waals surface area contributed by atoms with Crippen LogP contribution in [-0.2, 0) is 15.6 Å². The Hall–Kier alpha value is -4.63. The molecule has 0 radical (unpaired) electrons. The van der Waals surface area contributed by atoms with Crippen molar-refractivity contribution in [3.05, 3.63) is 137 Å². The molecule has 0 saturated heterocycles. The number of hydrogen-bond acceptors (Lipinski definition) is 3. The van der Waals surface area contributed by atoms with Crippen LogP contribution < -0.4 is 4.90 Å². The van der Waals surface area contributed by atoms with Gasteiger partial charge in [-0.05, 0) is 93.0 Å². The summed E-state index contributed by atoms with van der Waals surface area (Å²) in [5.74, 6) is -0.336. The van der Waals surface area contributed by atoms with Crippen LogP contribution in [0.5, 0.6) is 0 Å². The van der Waals surface area contributed by atoms with Gasteiger partial charge in [0.25, 0.3) is 0 Å². The van der Waals surface area contributed by atoms with Crippen LogP contribution in [0.1, 0.15) is 60.3 Å². The molecule has 3 nitrogen and oxygen atoms in total. The number of carbonyl (C=O) groups is 1. The van der Waals surface area contributed by atoms with Gasteiger partial charge < -0.3 is 9.64 Å². The number of benzene rings is 5. The van der Waals surface area contributed by atoms with Crippen LogP contribution in [0.2, 0.25) is 0 Å². The molecule has 41 heavy (non-hydrogen) atoms. The van der Waals surface area contributed by atoms with Gasteiger partial charge in [0.15, 0.2) is 0 Å². The molecule has 202 valence electrons. The molecule has 3 heteroatoms. The summed E-state index contributed by atoms with van der Waals surface area (Å²) >= 11 is 0. The van der Waals surface area contributed by atoms with E-state index in [1.165, 1.54) is 51.6 Å². The highest BCUT2D eigenvalue weighted by molar-refractivity contribution is 5.91. The van der Waals surface area contributed by atoms with Crippen molar-refractivity contribution in [3.63, 3.8) is 0 Å². The normalized spacial score (nSPS) is 15.0. The van der Waals surface area contributed by atoms with E-state index in [4.69, 9.17) is 4.74 Å². The van der Waals surface area contributed by atoms with Gasteiger partial charge in [-0.2, -0.15) is 0 Å². The fraction of sp³-hybridized carbons (Fsp3) is 0.184. The first kappa shape index (κ1) is 25.3. The number of carbonyl (C=O) groups excluding carboxylic acids is 1. The zero-order valence-corrected chi connectivity index (χ0v) is 24.2. The monoisotopic (exact) mass is 535 g/mol. The molecular weight excluding hydrogens is 502 g/mol. The van der Waals surface area contributed by atoms with Gasteiger partial charge in [0.05, 0.1) is 12.7 Å². The molecule has 2 aliphatic carbocycles. The molecule has 0 bridgehead atoms. The first-order valence-electron chi connectivity index (χ1n) is 14.2. The van der Waals surface area contributed by atoms with E-state index in [0.717, 1.165) is 17.1 Å². The van der Waals surface area contributed by atoms with Crippen molar-refractivity contribution in [2.45, 2.75) is 38.5 Å². The average Bonchev–Trinajstić information content (AvgIpc) is 3.37. The van der Waals surface area contributed by atoms with Crippen molar-refractivity contribution in [2.75, 3.05) is 12.0 Å². The van der Waals surface area contributed by atoms with Crippen molar-refractivity contribution >= 4 is 23.0 Å². The largest absolute Gasteiger partial charge is 0.465 e. The second-order valence-electron chi connectivity index (χ2n) is 12.2. The molecule has 0 unspecified atom stereocenters. The highest BCUT2D eigenvalue weighted by Crippen LogP contribution is 2.52. The Balaban J connectivity index is 1.41. The van der Waals surface area contributed by atoms with Gasteiger partial charge in [0, 0.05) is 27.9 Å². The van der Waals surface area contributed by atoms with Crippen LogP contribution in [0.4, 0.5) is 17.1 Å². The summed E-state index contributed by atoms with van der Waals surface area (Å²) in [5, 5.41) is 0. The summed E-state index contributed by atoms with van der Waals surface area (Å²) in [6.07, 6.45) is 0. The smallest absolute Gasteiger partial charge is 0.337 e. The number of ether oxygens (including phenoxy) is 1. The maximum Gasteiger partial charge on any atom is 0.337 e. The van der Waals surface area contributed by atoms with Gasteiger partial charge in [-0.25, -0.2) is 4.79 Å². The molecule has 0 N–H and O–H groups in total. The zero-order chi connectivity index (χ0) is 28.5. The molecule has 0 saturated carbocycles. The highest BCUT2D eigenvalue weighted by Gasteiger charge is 2.37. The van der Waals surface area contributed by atoms with Crippen LogP contribution in [0.15, 0.2) is 109 Å². The Labute approximate surface area is 242 Å². The van der Waals surface area contributed by atoms with E-state index in [-0.39, 0.29) is 16.8 Å². The number of hydrogen-bond donors (Lipinski definition) is 0. The van der Waals surface area contributed by atoms with Crippen molar-refractivity contribution < 1.29 is 9.53 Å². The standard InChI is InChI=1S/C38H33NO2/c1-37(2)32-12-8-6-10-28(32)30-20-18-26(22-34(30)37)39(25-16-14-24(15-17-25)36(40)41-5)27-19-21-31-29-11-7-9-13-33(29)38(3,4)35(31)23-27/h6-23H,1-5H3. The second kappa shape index (κ2) is 8.94. The molecule has 5 aromatic rings. The van der Waals surface area contributed by atoms with Gasteiger partial charge in [0.2, 0.25) is 0 Å². The van der Waals surface area contributed by atoms with Crippen molar-refractivity contribution in [1.82, 2.24) is 0 Å². The zero-order valence-electron chi connectivity index (χ0n) is 24.2. The molecule has 0 fully saturated rings. The van der Waals surface area contributed by atoms with Crippen LogP contribution in [-0.4, -0.2) is 13.1 Å². The van der Waals surface area contributed by atoms with E-state index < -0.39 is 0 Å². The fourth-order valence-electron chi connectivity index (χ4n) is 6.97. The van der Waals surface area contributed by atoms with E-state index in [2.05, 4.69) is 118 Å². The van der Waals surface area contributed by atoms with E-state index in [9.17, 15) is 4.79 Å². The quantitative estimate of drug-likeness (QED) is 0.215. The van der Waals surface area contributed by atoms with Gasteiger partial charge in [-0.3, -0.25) is 0 Å². The van der Waals surface area contributed by atoms with Crippen LogP contribution in [0.3, 0.4) is 0 Å². The Morgan fingerprint density at radius 3 is 1.41 bits per heavy atom. The second-order valence-corrected chi connectivity index (χ2v) is 12.2. The lowest BCUT2D eigenvalue weighted by Crippen LogP contribution is -2.18. The lowest BCUT2D eigenvalue weighted by Gasteiger charge is -2.29. The predicted molar refractivity (Wildman–Crippen MR) is 168 cm³/mol. The van der Waals surface area contributed by atoms with E-state index in [1.54, 1.807) is 0 Å². The third-order valence-electron chi connectivity index (χ3n) is 9.20. The predicted octanol–water partition coefficient (Wildman–Crippen LogP) is 9.56. The number of anilines is 3. The number of methoxy groups -OCH3 is 1. The van der Waals surface area contributed by atoms with Crippen LogP contribution in [0.25, 0.3) is 22.3 Å². The SMILES string of the molecule is COC(=O)c1ccc(N(c2ccc3c(c2)C(C)(C)c2ccccc2-3)c2ccc3c(c2)C(C)(C)c2ccccc2-3)cc1. The topological polar surface area (TPSA) is 29.5 Å². The van der Waals surface area contributed by atoms with Gasteiger partial charge in [0.1, 0.15) is 0 Å². The lowest BCUT2D eigenvalue weighted by atomic mass is 9.82. The minimum absolute atomic E-state index is 0.107. The van der Waals surface area contributed by atoms with Crippen molar-refractivity contribution in [1.29, 1.82) is 0 Å². The minimum Gasteiger partial charge on any atom is -0.465 e. The molecule has 0 amide bonds. The van der Waals surface area contributed by atoms with Crippen molar-refractivity contribution in [3.8, 4) is 22.3 Å². The molecule has 2 aliphatic rings. The summed E-state index contributed by atoms with van der Waals surface area (Å²) in [7, 11) is 1.41. The maximum atomic E-state index is 12.2. The number of esters is 1. The summed E-state index contributed by atoms with van der Waals surface area (Å²) in [4.78, 5) is 14.5. The van der Waals surface area contributed by atoms with Gasteiger partial charge in [-0.15, -0.1) is 0 Å². The third-order valence-corrected chi connectivity index (χ3v) is 9.20. The number of fused-ring (bicyclic) bond motifs is 6. The Morgan fingerprint density at radius 1 is 0.537 bits per heavy atom. The molecule has 7 rings (SSSR count). The number of nitrogens with zero attached hydrogens (tertiary/aromatic N) is 1. The van der Waals surface area contributed by atoms with Crippen LogP contribution in [0, 0.1) is 0 Å². The Kier molecular flexibility index (Phi) is 5.53. The summed E-state index contributed by atoms with van der Waals surface area (Å²) < 4.78 is 4.96. The summed E-state index contributed by atoms with van der Waals surface area (Å²) in [6, 6.07) is 38.8. The molecular formula is C38H33NO2. The maximum absolute atomic E-state index is 12.2. The van der Waals surface area contributed by atoms with E-state index in [0.29, 0.717) is 5.56 Å². The number of rotatable bonds is 4. The molecule has 0 heterocycles. The molecule has 0 aliphatic heterocycles. The lowest BCUT2D eigenvalue weighted by molar-refractivity contribution is 0.0600. The average molecular weight is 536 g/mol. The third kappa shape index (κ3) is 3.69. The van der Waals surface area contributed by atoms with Crippen molar-refractivity contribution in [2.24, 2.45) is 0 Å². The fourth-order valence-corrected chi connectivity index (χ4v) is 6.97. The first-order chi connectivity index (χ1) is 19.7. The summed E-state index contributed by atoms with van der Waals surface area (Å²) in [5.41, 5.74) is 14.0. The Morgan fingerprint density at radius 2 is 0.951 bits per heavy atom. The van der Waals surface area contributed by atoms with Crippen LogP contribution >= 0.6 is 0 Å².